The number of aliphatic imine (C=N–C) groups is 2. The zero-order chi connectivity index (χ0) is 18.2. The Kier molecular flexibility index (Phi) is 7.29. The van der Waals surface area contributed by atoms with Crippen LogP contribution in [0.3, 0.4) is 0 Å². The molecule has 8 heteroatoms. The van der Waals surface area contributed by atoms with Crippen LogP contribution in [0.2, 0.25) is 0 Å². The zero-order valence-electron chi connectivity index (χ0n) is 14.1. The average molecular weight is 342 g/mol. The second-order valence-electron chi connectivity index (χ2n) is 4.72. The van der Waals surface area contributed by atoms with Crippen LogP contribution in [0.15, 0.2) is 58.1 Å². The molecule has 0 amide bonds. The van der Waals surface area contributed by atoms with Gasteiger partial charge >= 0.3 is 6.18 Å². The fraction of sp³-hybridized carbons (Fsp3) is 0.375. The molecule has 0 saturated carbocycles. The zero-order valence-corrected chi connectivity index (χ0v) is 14.1. The molecule has 1 aliphatic heterocycles. The van der Waals surface area contributed by atoms with E-state index in [1.165, 1.54) is 19.5 Å². The molecule has 0 spiro atoms. The Balaban J connectivity index is 3.02. The highest BCUT2D eigenvalue weighted by molar-refractivity contribution is 5.94. The smallest absolute Gasteiger partial charge is 0.449 e. The van der Waals surface area contributed by atoms with Crippen molar-refractivity contribution in [3.63, 3.8) is 0 Å². The summed E-state index contributed by atoms with van der Waals surface area (Å²) in [5.41, 5.74) is 0.387. The Labute approximate surface area is 139 Å². The van der Waals surface area contributed by atoms with Gasteiger partial charge in [-0.15, -0.1) is 0 Å². The molecule has 1 heterocycles. The molecule has 0 bridgehead atoms. The number of amidine groups is 2. The van der Waals surface area contributed by atoms with Crippen molar-refractivity contribution in [2.45, 2.75) is 20.0 Å². The maximum absolute atomic E-state index is 13.1. The van der Waals surface area contributed by atoms with Crippen LogP contribution in [0.1, 0.15) is 13.8 Å². The van der Waals surface area contributed by atoms with Crippen LogP contribution in [0.4, 0.5) is 13.2 Å². The Bertz CT molecular complexity index is 613. The fourth-order valence-corrected chi connectivity index (χ4v) is 1.79. The molecule has 5 nitrogen and oxygen atoms in total. The normalized spacial score (nSPS) is 18.9. The minimum absolute atomic E-state index is 0.0593. The lowest BCUT2D eigenvalue weighted by Gasteiger charge is -2.19. The number of alkyl halides is 3. The van der Waals surface area contributed by atoms with Gasteiger partial charge in [-0.1, -0.05) is 6.08 Å². The lowest BCUT2D eigenvalue weighted by Crippen LogP contribution is -2.34. The Hall–Kier alpha value is -2.51. The lowest BCUT2D eigenvalue weighted by molar-refractivity contribution is -0.0649. The molecule has 0 aromatic rings. The van der Waals surface area contributed by atoms with Crippen LogP contribution >= 0.6 is 0 Å². The quantitative estimate of drug-likeness (QED) is 0.473. The molecule has 1 N–H and O–H groups in total. The van der Waals surface area contributed by atoms with E-state index in [2.05, 4.69) is 15.3 Å². The van der Waals surface area contributed by atoms with E-state index >= 15 is 0 Å². The van der Waals surface area contributed by atoms with E-state index in [0.29, 0.717) is 17.3 Å². The van der Waals surface area contributed by atoms with E-state index in [9.17, 15) is 13.2 Å². The maximum Gasteiger partial charge on any atom is 0.449 e. The number of nitrogens with zero attached hydrogens (tertiary/aromatic N) is 3. The van der Waals surface area contributed by atoms with Crippen LogP contribution in [0.25, 0.3) is 0 Å². The van der Waals surface area contributed by atoms with Gasteiger partial charge in [0, 0.05) is 25.1 Å². The van der Waals surface area contributed by atoms with Gasteiger partial charge in [-0.2, -0.15) is 13.2 Å². The van der Waals surface area contributed by atoms with Crippen LogP contribution in [0, 0.1) is 0 Å². The number of nitrogens with one attached hydrogen (secondary N) is 1. The molecule has 0 saturated heterocycles. The Morgan fingerprint density at radius 1 is 1.42 bits per heavy atom. The molecule has 24 heavy (non-hydrogen) atoms. The third-order valence-electron chi connectivity index (χ3n) is 3.03. The number of halogens is 3. The maximum atomic E-state index is 13.1. The van der Waals surface area contributed by atoms with Crippen molar-refractivity contribution in [1.82, 2.24) is 10.2 Å². The van der Waals surface area contributed by atoms with Gasteiger partial charge in [-0.05, 0) is 32.1 Å². The van der Waals surface area contributed by atoms with Gasteiger partial charge in [0.05, 0.1) is 19.4 Å². The summed E-state index contributed by atoms with van der Waals surface area (Å²) in [6.07, 6.45) is 4.74. The number of ether oxygens (including phenoxy) is 1. The first kappa shape index (κ1) is 19.5. The molecule has 0 aromatic carbocycles. The molecular weight excluding hydrogens is 321 g/mol. The minimum atomic E-state index is -4.54. The summed E-state index contributed by atoms with van der Waals surface area (Å²) in [5.74, 6) is 0.147. The second kappa shape index (κ2) is 8.95. The Morgan fingerprint density at radius 2 is 2.12 bits per heavy atom. The van der Waals surface area contributed by atoms with Gasteiger partial charge in [0.25, 0.3) is 0 Å². The summed E-state index contributed by atoms with van der Waals surface area (Å²) in [6, 6.07) is 0. The number of rotatable bonds is 5. The van der Waals surface area contributed by atoms with Crippen molar-refractivity contribution in [3.8, 4) is 0 Å². The summed E-state index contributed by atoms with van der Waals surface area (Å²) in [6.45, 7) is 3.47. The Morgan fingerprint density at radius 3 is 2.67 bits per heavy atom. The highest BCUT2D eigenvalue weighted by atomic mass is 19.4. The monoisotopic (exact) mass is 342 g/mol. The van der Waals surface area contributed by atoms with Gasteiger partial charge in [-0.25, -0.2) is 0 Å². The van der Waals surface area contributed by atoms with Crippen molar-refractivity contribution < 1.29 is 17.9 Å². The van der Waals surface area contributed by atoms with Crippen LogP contribution in [0.5, 0.6) is 0 Å². The van der Waals surface area contributed by atoms with Gasteiger partial charge in [0.1, 0.15) is 5.84 Å². The molecular formula is C16H21F3N4O. The SMILES string of the molecule is C/C=C\C(=NC)N/C=C/N1C(C(F)(F)F)=NC/C1=C\C=C(/C)OC. The van der Waals surface area contributed by atoms with Crippen LogP contribution < -0.4 is 5.32 Å². The van der Waals surface area contributed by atoms with Crippen LogP contribution in [-0.2, 0) is 4.74 Å². The lowest BCUT2D eigenvalue weighted by atomic mass is 10.3. The number of hydrogen-bond donors (Lipinski definition) is 1. The first-order chi connectivity index (χ1) is 11.3. The van der Waals surface area contributed by atoms with Crippen molar-refractivity contribution in [2.75, 3.05) is 20.7 Å². The minimum Gasteiger partial charge on any atom is -0.501 e. The van der Waals surface area contributed by atoms with E-state index in [1.807, 2.05) is 6.92 Å². The predicted molar refractivity (Wildman–Crippen MR) is 89.5 cm³/mol. The van der Waals surface area contributed by atoms with Crippen molar-refractivity contribution in [3.05, 3.63) is 48.2 Å². The first-order valence-corrected chi connectivity index (χ1v) is 7.18. The summed E-state index contributed by atoms with van der Waals surface area (Å²) >= 11 is 0. The molecule has 0 fully saturated rings. The molecule has 0 aliphatic carbocycles. The van der Waals surface area contributed by atoms with E-state index in [0.717, 1.165) is 4.90 Å². The predicted octanol–water partition coefficient (Wildman–Crippen LogP) is 3.36. The molecule has 132 valence electrons. The number of hydrogen-bond acceptors (Lipinski definition) is 4. The van der Waals surface area contributed by atoms with E-state index in [-0.39, 0.29) is 6.54 Å². The molecule has 1 rings (SSSR count). The highest BCUT2D eigenvalue weighted by Crippen LogP contribution is 2.27. The van der Waals surface area contributed by atoms with Gasteiger partial charge in [-0.3, -0.25) is 14.9 Å². The van der Waals surface area contributed by atoms with E-state index in [1.54, 1.807) is 38.3 Å². The first-order valence-electron chi connectivity index (χ1n) is 7.18. The molecule has 1 aliphatic rings. The highest BCUT2D eigenvalue weighted by Gasteiger charge is 2.42. The summed E-state index contributed by atoms with van der Waals surface area (Å²) in [4.78, 5) is 8.53. The van der Waals surface area contributed by atoms with Gasteiger partial charge < -0.3 is 10.1 Å². The standard InChI is InChI=1S/C16H21F3N4O/c1-5-6-14(20-3)21-9-10-23-13(8-7-12(2)24-4)11-22-15(23)16(17,18)19/h5-10H,11H2,1-4H3,(H,20,21)/b6-5-,10-9+,12-7+,13-8+. The summed E-state index contributed by atoms with van der Waals surface area (Å²) in [7, 11) is 3.07. The second-order valence-corrected chi connectivity index (χ2v) is 4.72. The third kappa shape index (κ3) is 5.60. The van der Waals surface area contributed by atoms with E-state index < -0.39 is 12.0 Å². The average Bonchev–Trinajstić information content (AvgIpc) is 2.94. The fourth-order valence-electron chi connectivity index (χ4n) is 1.79. The van der Waals surface area contributed by atoms with Gasteiger partial charge in [0.15, 0.2) is 0 Å². The van der Waals surface area contributed by atoms with Crippen molar-refractivity contribution in [2.24, 2.45) is 9.98 Å². The van der Waals surface area contributed by atoms with Crippen LogP contribution in [-0.4, -0.2) is 43.4 Å². The number of allylic oxidation sites excluding steroid dienone is 4. The largest absolute Gasteiger partial charge is 0.501 e. The third-order valence-corrected chi connectivity index (χ3v) is 3.03. The molecule has 0 radical (unpaired) electrons. The molecule has 0 aromatic heterocycles. The van der Waals surface area contributed by atoms with Gasteiger partial charge in [0.2, 0.25) is 5.84 Å². The summed E-state index contributed by atoms with van der Waals surface area (Å²) < 4.78 is 44.3. The topological polar surface area (TPSA) is 49.2 Å². The molecule has 0 atom stereocenters. The molecule has 0 unspecified atom stereocenters. The number of methoxy groups -OCH3 is 1. The van der Waals surface area contributed by atoms with E-state index in [4.69, 9.17) is 4.74 Å². The van der Waals surface area contributed by atoms with Crippen molar-refractivity contribution in [1.29, 1.82) is 0 Å². The summed E-state index contributed by atoms with van der Waals surface area (Å²) in [5, 5.41) is 2.82. The van der Waals surface area contributed by atoms with Crippen molar-refractivity contribution >= 4 is 11.7 Å².